The van der Waals surface area contributed by atoms with Crippen LogP contribution >= 0.6 is 24.0 Å². The first-order valence-electron chi connectivity index (χ1n) is 19.4. The fraction of sp³-hybridized carbons (Fsp3) is 0.311. The molecular weight excluding hydrogens is 826 g/mol. The van der Waals surface area contributed by atoms with E-state index in [4.69, 9.17) is 51.2 Å². The summed E-state index contributed by atoms with van der Waals surface area (Å²) >= 11 is 5.92. The van der Waals surface area contributed by atoms with Gasteiger partial charge in [0.2, 0.25) is 0 Å². The van der Waals surface area contributed by atoms with E-state index >= 15 is 0 Å². The van der Waals surface area contributed by atoms with Crippen LogP contribution in [-0.4, -0.2) is 107 Å². The quantitative estimate of drug-likeness (QED) is 0.0632. The third kappa shape index (κ3) is 13.2. The van der Waals surface area contributed by atoms with Crippen LogP contribution in [0.1, 0.15) is 12.0 Å². The van der Waals surface area contributed by atoms with Gasteiger partial charge >= 0.3 is 0 Å². The molecule has 0 saturated carbocycles. The molecule has 0 aliphatic carbocycles. The Morgan fingerprint density at radius 1 is 0.754 bits per heavy atom. The van der Waals surface area contributed by atoms with Gasteiger partial charge in [-0.3, -0.25) is 9.88 Å². The van der Waals surface area contributed by atoms with Crippen molar-refractivity contribution in [1.29, 1.82) is 0 Å². The Morgan fingerprint density at radius 2 is 1.43 bits per heavy atom. The molecule has 16 heteroatoms. The van der Waals surface area contributed by atoms with Crippen molar-refractivity contribution in [3.05, 3.63) is 102 Å². The molecule has 1 aliphatic heterocycles. The Bertz CT molecular complexity index is 2380. The van der Waals surface area contributed by atoms with Gasteiger partial charge in [0.15, 0.2) is 23.0 Å². The van der Waals surface area contributed by atoms with Crippen LogP contribution < -0.4 is 29.6 Å². The Hall–Kier alpha value is -5.66. The molecule has 2 aromatic heterocycles. The summed E-state index contributed by atoms with van der Waals surface area (Å²) in [6.07, 6.45) is 9.61. The molecule has 7 rings (SSSR count). The van der Waals surface area contributed by atoms with E-state index in [0.717, 1.165) is 78.0 Å². The SMILES string of the molecule is C#Cc1cccc(Nc2ncnc3cc(OCCOC)c(OCCOC)cc23)c1.COc1cc2nccc(Nc3ccc(F)c(Cl)c3)c2cc1OCCCN1CCOCC1.Cl. The molecule has 1 aliphatic rings. The van der Waals surface area contributed by atoms with Crippen molar-refractivity contribution in [1.82, 2.24) is 19.9 Å². The van der Waals surface area contributed by atoms with E-state index in [1.165, 1.54) is 12.4 Å². The van der Waals surface area contributed by atoms with Crippen LogP contribution in [-0.2, 0) is 14.2 Å². The van der Waals surface area contributed by atoms with Crippen LogP contribution in [0.25, 0.3) is 21.8 Å². The first-order valence-corrected chi connectivity index (χ1v) is 19.7. The first-order chi connectivity index (χ1) is 29.4. The van der Waals surface area contributed by atoms with Gasteiger partial charge in [0, 0.05) is 85.6 Å². The van der Waals surface area contributed by atoms with Gasteiger partial charge in [-0.15, -0.1) is 18.8 Å². The number of rotatable bonds is 18. The van der Waals surface area contributed by atoms with Gasteiger partial charge in [0.1, 0.15) is 31.2 Å². The van der Waals surface area contributed by atoms with Crippen molar-refractivity contribution in [2.24, 2.45) is 0 Å². The number of aromatic nitrogens is 3. The maximum atomic E-state index is 13.5. The number of pyridine rings is 1. The number of methoxy groups -OCH3 is 3. The van der Waals surface area contributed by atoms with E-state index in [2.05, 4.69) is 36.4 Å². The normalized spacial score (nSPS) is 12.4. The fourth-order valence-electron chi connectivity index (χ4n) is 6.24. The molecule has 2 N–H and O–H groups in total. The van der Waals surface area contributed by atoms with Gasteiger partial charge in [-0.2, -0.15) is 0 Å². The van der Waals surface area contributed by atoms with Gasteiger partial charge in [-0.1, -0.05) is 23.6 Å². The van der Waals surface area contributed by atoms with Gasteiger partial charge in [0.25, 0.3) is 0 Å². The summed E-state index contributed by atoms with van der Waals surface area (Å²) in [5.74, 6) is 5.28. The van der Waals surface area contributed by atoms with Crippen LogP contribution in [0, 0.1) is 18.2 Å². The summed E-state index contributed by atoms with van der Waals surface area (Å²) in [6.45, 7) is 6.79. The molecule has 0 bridgehead atoms. The highest BCUT2D eigenvalue weighted by Gasteiger charge is 2.15. The Kier molecular flexibility index (Phi) is 18.2. The number of nitrogens with zero attached hydrogens (tertiary/aromatic N) is 4. The monoisotopic (exact) mass is 874 g/mol. The lowest BCUT2D eigenvalue weighted by Crippen LogP contribution is -2.37. The Morgan fingerprint density at radius 3 is 2.15 bits per heavy atom. The number of benzene rings is 4. The molecule has 0 radical (unpaired) electrons. The summed E-state index contributed by atoms with van der Waals surface area (Å²) in [4.78, 5) is 15.6. The molecular formula is C45H49Cl2FN6O7. The van der Waals surface area contributed by atoms with Gasteiger partial charge in [-0.05, 0) is 61.0 Å². The zero-order valence-corrected chi connectivity index (χ0v) is 35.8. The molecule has 3 heterocycles. The van der Waals surface area contributed by atoms with E-state index in [0.29, 0.717) is 67.5 Å². The van der Waals surface area contributed by atoms with Crippen molar-refractivity contribution in [2.75, 3.05) is 97.8 Å². The second kappa shape index (κ2) is 24.0. The van der Waals surface area contributed by atoms with Crippen LogP contribution in [0.15, 0.2) is 85.3 Å². The summed E-state index contributed by atoms with van der Waals surface area (Å²) in [5, 5.41) is 8.31. The van der Waals surface area contributed by atoms with Gasteiger partial charge in [-0.25, -0.2) is 14.4 Å². The lowest BCUT2D eigenvalue weighted by molar-refractivity contribution is 0.0357. The summed E-state index contributed by atoms with van der Waals surface area (Å²) < 4.78 is 52.2. The summed E-state index contributed by atoms with van der Waals surface area (Å²) in [7, 11) is 4.87. The van der Waals surface area contributed by atoms with Crippen molar-refractivity contribution in [2.45, 2.75) is 6.42 Å². The molecule has 61 heavy (non-hydrogen) atoms. The fourth-order valence-corrected chi connectivity index (χ4v) is 6.42. The number of ether oxygens (including phenoxy) is 7. The molecule has 0 atom stereocenters. The molecule has 13 nitrogen and oxygen atoms in total. The molecule has 1 saturated heterocycles. The smallest absolute Gasteiger partial charge is 0.163 e. The molecule has 0 amide bonds. The Balaban J connectivity index is 0.000000228. The van der Waals surface area contributed by atoms with Crippen molar-refractivity contribution in [3.8, 4) is 35.3 Å². The van der Waals surface area contributed by atoms with Crippen LogP contribution in [0.2, 0.25) is 5.02 Å². The third-order valence-corrected chi connectivity index (χ3v) is 9.58. The minimum Gasteiger partial charge on any atom is -0.493 e. The maximum absolute atomic E-state index is 13.5. The van der Waals surface area contributed by atoms with E-state index in [1.54, 1.807) is 39.7 Å². The largest absolute Gasteiger partial charge is 0.493 e. The highest BCUT2D eigenvalue weighted by molar-refractivity contribution is 6.31. The molecule has 0 spiro atoms. The number of terminal acetylenes is 1. The summed E-state index contributed by atoms with van der Waals surface area (Å²) in [5.41, 5.74) is 4.60. The van der Waals surface area contributed by atoms with Crippen molar-refractivity contribution >= 4 is 68.7 Å². The number of fused-ring (bicyclic) bond motifs is 2. The first kappa shape index (κ1) is 46.4. The van der Waals surface area contributed by atoms with E-state index < -0.39 is 5.82 Å². The molecule has 6 aromatic rings. The number of hydrogen-bond donors (Lipinski definition) is 2. The zero-order chi connectivity index (χ0) is 42.1. The minimum atomic E-state index is -0.454. The number of nitrogens with one attached hydrogen (secondary N) is 2. The zero-order valence-electron chi connectivity index (χ0n) is 34.2. The van der Waals surface area contributed by atoms with E-state index in [-0.39, 0.29) is 17.4 Å². The Labute approximate surface area is 366 Å². The van der Waals surface area contributed by atoms with Crippen LogP contribution in [0.3, 0.4) is 0 Å². The predicted octanol–water partition coefficient (Wildman–Crippen LogP) is 8.71. The minimum absolute atomic E-state index is 0. The standard InChI is InChI=1S/C23H25ClFN3O3.C22H23N3O4.ClH/c1-29-22-15-21-17(14-23(22)31-10-2-7-28-8-11-30-12-9-28)20(5-6-26-21)27-16-3-4-19(25)18(24)13-16;1-4-16-6-5-7-17(12-16)25-22-18-13-20(28-10-8-26-2)21(29-11-9-27-3)14-19(18)23-15-24-22;/h3-6,13-15H,2,7-12H2,1H3,(H,26,27);1,5-7,12-15H,8-11H2,2-3H3,(H,23,24,25);1H. The van der Waals surface area contributed by atoms with Crippen molar-refractivity contribution in [3.63, 3.8) is 0 Å². The number of halogens is 3. The highest BCUT2D eigenvalue weighted by Crippen LogP contribution is 2.37. The average Bonchev–Trinajstić information content (AvgIpc) is 3.27. The molecule has 4 aromatic carbocycles. The predicted molar refractivity (Wildman–Crippen MR) is 240 cm³/mol. The van der Waals surface area contributed by atoms with Gasteiger partial charge in [0.05, 0.1) is 56.2 Å². The number of hydrogen-bond acceptors (Lipinski definition) is 13. The lowest BCUT2D eigenvalue weighted by atomic mass is 10.1. The third-order valence-electron chi connectivity index (χ3n) is 9.29. The van der Waals surface area contributed by atoms with E-state index in [1.807, 2.05) is 54.6 Å². The molecule has 0 unspecified atom stereocenters. The topological polar surface area (TPSA) is 131 Å². The second-order valence-electron chi connectivity index (χ2n) is 13.4. The maximum Gasteiger partial charge on any atom is 0.163 e. The lowest BCUT2D eigenvalue weighted by Gasteiger charge is -2.26. The number of anilines is 4. The average molecular weight is 876 g/mol. The van der Waals surface area contributed by atoms with Crippen LogP contribution in [0.5, 0.6) is 23.0 Å². The highest BCUT2D eigenvalue weighted by atomic mass is 35.5. The van der Waals surface area contributed by atoms with E-state index in [9.17, 15) is 4.39 Å². The van der Waals surface area contributed by atoms with Crippen LogP contribution in [0.4, 0.5) is 27.3 Å². The molecule has 1 fully saturated rings. The second-order valence-corrected chi connectivity index (χ2v) is 13.8. The summed E-state index contributed by atoms with van der Waals surface area (Å²) in [6, 6.07) is 21.4. The molecule has 322 valence electrons. The number of morpholine rings is 1. The van der Waals surface area contributed by atoms with Gasteiger partial charge < -0.3 is 43.8 Å². The van der Waals surface area contributed by atoms with Crippen molar-refractivity contribution < 1.29 is 37.5 Å².